The fourth-order valence-electron chi connectivity index (χ4n) is 1.97. The molecule has 5 heteroatoms. The highest BCUT2D eigenvalue weighted by Gasteiger charge is 2.28. The first kappa shape index (κ1) is 12.6. The highest BCUT2D eigenvalue weighted by atomic mass is 16.6. The van der Waals surface area contributed by atoms with Crippen LogP contribution in [-0.2, 0) is 9.47 Å². The predicted octanol–water partition coefficient (Wildman–Crippen LogP) is 0.940. The van der Waals surface area contributed by atoms with Crippen LogP contribution >= 0.6 is 0 Å². The Labute approximate surface area is 103 Å². The van der Waals surface area contributed by atoms with Crippen molar-refractivity contribution in [3.63, 3.8) is 0 Å². The number of amides is 1. The van der Waals surface area contributed by atoms with Crippen molar-refractivity contribution >= 4 is 6.09 Å². The van der Waals surface area contributed by atoms with E-state index in [1.165, 1.54) is 0 Å². The summed E-state index contributed by atoms with van der Waals surface area (Å²) in [4.78, 5) is 15.8. The summed E-state index contributed by atoms with van der Waals surface area (Å²) in [6.45, 7) is 7.97. The van der Waals surface area contributed by atoms with Crippen molar-refractivity contribution in [2.45, 2.75) is 25.9 Å². The normalized spacial score (nSPS) is 24.8. The summed E-state index contributed by atoms with van der Waals surface area (Å²) >= 11 is 0. The average molecular weight is 242 g/mol. The van der Waals surface area contributed by atoms with E-state index in [0.29, 0.717) is 12.7 Å². The van der Waals surface area contributed by atoms with Crippen LogP contribution in [0.15, 0.2) is 0 Å². The molecule has 0 saturated carbocycles. The largest absolute Gasteiger partial charge is 0.449 e. The molecule has 0 aromatic rings. The molecule has 0 aliphatic carbocycles. The van der Waals surface area contributed by atoms with Crippen LogP contribution in [0.3, 0.4) is 0 Å². The smallest absolute Gasteiger partial charge is 0.409 e. The van der Waals surface area contributed by atoms with Crippen molar-refractivity contribution < 1.29 is 14.3 Å². The molecule has 0 aromatic heterocycles. The van der Waals surface area contributed by atoms with E-state index >= 15 is 0 Å². The SMILES string of the molecule is CCCCOC(=O)N1CCN(CC2CO2)CC1. The summed E-state index contributed by atoms with van der Waals surface area (Å²) in [6.07, 6.45) is 2.30. The Hall–Kier alpha value is -0.810. The molecule has 0 aromatic carbocycles. The summed E-state index contributed by atoms with van der Waals surface area (Å²) in [6, 6.07) is 0. The second-order valence-corrected chi connectivity index (χ2v) is 4.71. The fraction of sp³-hybridized carbons (Fsp3) is 0.917. The number of hydrogen-bond acceptors (Lipinski definition) is 4. The maximum absolute atomic E-state index is 11.7. The molecule has 0 radical (unpaired) electrons. The van der Waals surface area contributed by atoms with Crippen LogP contribution in [-0.4, -0.2) is 67.9 Å². The minimum atomic E-state index is -0.152. The molecule has 5 nitrogen and oxygen atoms in total. The Morgan fingerprint density at radius 3 is 2.65 bits per heavy atom. The second-order valence-electron chi connectivity index (χ2n) is 4.71. The van der Waals surface area contributed by atoms with Crippen LogP contribution in [0, 0.1) is 0 Å². The minimum Gasteiger partial charge on any atom is -0.449 e. The molecule has 17 heavy (non-hydrogen) atoms. The molecule has 2 rings (SSSR count). The molecule has 1 unspecified atom stereocenters. The van der Waals surface area contributed by atoms with Crippen LogP contribution in [0.2, 0.25) is 0 Å². The molecular formula is C12H22N2O3. The van der Waals surface area contributed by atoms with Gasteiger partial charge in [-0.2, -0.15) is 0 Å². The predicted molar refractivity (Wildman–Crippen MR) is 64.0 cm³/mol. The summed E-state index contributed by atoms with van der Waals surface area (Å²) < 4.78 is 10.4. The van der Waals surface area contributed by atoms with Gasteiger partial charge in [0.25, 0.3) is 0 Å². The van der Waals surface area contributed by atoms with Gasteiger partial charge >= 0.3 is 6.09 Å². The van der Waals surface area contributed by atoms with E-state index in [2.05, 4.69) is 11.8 Å². The van der Waals surface area contributed by atoms with E-state index in [4.69, 9.17) is 9.47 Å². The number of hydrogen-bond donors (Lipinski definition) is 0. The summed E-state index contributed by atoms with van der Waals surface area (Å²) in [5.41, 5.74) is 0. The van der Waals surface area contributed by atoms with Gasteiger partial charge in [-0.1, -0.05) is 13.3 Å². The fourth-order valence-corrected chi connectivity index (χ4v) is 1.97. The zero-order chi connectivity index (χ0) is 12.1. The molecule has 2 fully saturated rings. The van der Waals surface area contributed by atoms with Gasteiger partial charge in [-0.05, 0) is 6.42 Å². The number of carbonyl (C=O) groups is 1. The lowest BCUT2D eigenvalue weighted by Crippen LogP contribution is -2.49. The molecule has 98 valence electrons. The topological polar surface area (TPSA) is 45.3 Å². The van der Waals surface area contributed by atoms with E-state index in [9.17, 15) is 4.79 Å². The summed E-state index contributed by atoms with van der Waals surface area (Å²) in [7, 11) is 0. The Morgan fingerprint density at radius 1 is 1.35 bits per heavy atom. The average Bonchev–Trinajstić information content (AvgIpc) is 3.14. The van der Waals surface area contributed by atoms with Crippen molar-refractivity contribution in [2.24, 2.45) is 0 Å². The Morgan fingerprint density at radius 2 is 2.06 bits per heavy atom. The van der Waals surface area contributed by atoms with Crippen molar-refractivity contribution in [3.05, 3.63) is 0 Å². The number of ether oxygens (including phenoxy) is 2. The number of rotatable bonds is 5. The molecular weight excluding hydrogens is 220 g/mol. The first-order valence-corrected chi connectivity index (χ1v) is 6.55. The van der Waals surface area contributed by atoms with Crippen molar-refractivity contribution in [1.82, 2.24) is 9.80 Å². The first-order chi connectivity index (χ1) is 8.29. The quantitative estimate of drug-likeness (QED) is 0.531. The third kappa shape index (κ3) is 4.16. The molecule has 0 N–H and O–H groups in total. The Balaban J connectivity index is 1.61. The van der Waals surface area contributed by atoms with E-state index in [1.807, 2.05) is 0 Å². The van der Waals surface area contributed by atoms with Crippen LogP contribution in [0.1, 0.15) is 19.8 Å². The minimum absolute atomic E-state index is 0.152. The highest BCUT2D eigenvalue weighted by Crippen LogP contribution is 2.12. The van der Waals surface area contributed by atoms with Crippen LogP contribution in [0.25, 0.3) is 0 Å². The Bertz CT molecular complexity index is 248. The van der Waals surface area contributed by atoms with Gasteiger partial charge in [-0.15, -0.1) is 0 Å². The van der Waals surface area contributed by atoms with E-state index in [1.54, 1.807) is 4.90 Å². The molecule has 2 saturated heterocycles. The molecule has 0 bridgehead atoms. The number of carbonyl (C=O) groups excluding carboxylic acids is 1. The van der Waals surface area contributed by atoms with E-state index in [0.717, 1.165) is 52.2 Å². The van der Waals surface area contributed by atoms with Crippen LogP contribution in [0.5, 0.6) is 0 Å². The van der Waals surface area contributed by atoms with Gasteiger partial charge in [-0.3, -0.25) is 4.90 Å². The lowest BCUT2D eigenvalue weighted by atomic mass is 10.3. The first-order valence-electron chi connectivity index (χ1n) is 6.55. The summed E-state index contributed by atoms with van der Waals surface area (Å²) in [5, 5.41) is 0. The standard InChI is InChI=1S/C12H22N2O3/c1-2-3-8-16-12(15)14-6-4-13(5-7-14)9-11-10-17-11/h11H,2-10H2,1H3. The second kappa shape index (κ2) is 6.21. The maximum Gasteiger partial charge on any atom is 0.409 e. The van der Waals surface area contributed by atoms with Gasteiger partial charge in [0, 0.05) is 32.7 Å². The molecule has 2 aliphatic rings. The third-order valence-corrected chi connectivity index (χ3v) is 3.22. The van der Waals surface area contributed by atoms with E-state index < -0.39 is 0 Å². The number of epoxide rings is 1. The van der Waals surface area contributed by atoms with Crippen LogP contribution in [0.4, 0.5) is 4.79 Å². The van der Waals surface area contributed by atoms with Crippen molar-refractivity contribution in [1.29, 1.82) is 0 Å². The molecule has 1 atom stereocenters. The maximum atomic E-state index is 11.7. The molecule has 1 amide bonds. The van der Waals surface area contributed by atoms with E-state index in [-0.39, 0.29) is 6.09 Å². The van der Waals surface area contributed by atoms with Crippen molar-refractivity contribution in [3.8, 4) is 0 Å². The lowest BCUT2D eigenvalue weighted by Gasteiger charge is -2.33. The van der Waals surface area contributed by atoms with Gasteiger partial charge in [-0.25, -0.2) is 4.79 Å². The molecule has 2 heterocycles. The number of unbranched alkanes of at least 4 members (excludes halogenated alkanes) is 1. The zero-order valence-electron chi connectivity index (χ0n) is 10.6. The molecule has 2 aliphatic heterocycles. The lowest BCUT2D eigenvalue weighted by molar-refractivity contribution is 0.0738. The van der Waals surface area contributed by atoms with Gasteiger partial charge in [0.1, 0.15) is 0 Å². The number of nitrogens with zero attached hydrogens (tertiary/aromatic N) is 2. The van der Waals surface area contributed by atoms with Crippen molar-refractivity contribution in [2.75, 3.05) is 45.9 Å². The Kier molecular flexibility index (Phi) is 4.62. The number of piperazine rings is 1. The highest BCUT2D eigenvalue weighted by molar-refractivity contribution is 5.67. The van der Waals surface area contributed by atoms with Gasteiger partial charge in [0.05, 0.1) is 19.3 Å². The van der Waals surface area contributed by atoms with Gasteiger partial charge in [0.2, 0.25) is 0 Å². The monoisotopic (exact) mass is 242 g/mol. The summed E-state index contributed by atoms with van der Waals surface area (Å²) in [5.74, 6) is 0. The third-order valence-electron chi connectivity index (χ3n) is 3.22. The van der Waals surface area contributed by atoms with Crippen LogP contribution < -0.4 is 0 Å². The van der Waals surface area contributed by atoms with Gasteiger partial charge in [0.15, 0.2) is 0 Å². The zero-order valence-corrected chi connectivity index (χ0v) is 10.6. The van der Waals surface area contributed by atoms with Gasteiger partial charge < -0.3 is 14.4 Å². The molecule has 0 spiro atoms.